The third kappa shape index (κ3) is 3.48. The molecule has 0 radical (unpaired) electrons. The molecule has 144 valence electrons. The molecule has 7 heteroatoms. The van der Waals surface area contributed by atoms with Crippen LogP contribution in [0, 0.1) is 0 Å². The molecule has 0 bridgehead atoms. The van der Waals surface area contributed by atoms with Gasteiger partial charge in [0.1, 0.15) is 18.0 Å². The van der Waals surface area contributed by atoms with Crippen LogP contribution in [-0.2, 0) is 23.5 Å². The molecule has 3 heterocycles. The van der Waals surface area contributed by atoms with Crippen LogP contribution in [0.1, 0.15) is 37.7 Å². The Hall–Kier alpha value is -3.19. The molecule has 28 heavy (non-hydrogen) atoms. The standard InChI is InChI=1S/C21H22N4O3/c1-13(26)23-15-7-6-14-11-25-16(12-28-19(14)9-15)10-18(24-25)17-5-4-8-22-20(17)21(2,3)27/h4-10,27H,11-12H2,1-3H3,(H,23,26). The number of rotatable bonds is 3. The summed E-state index contributed by atoms with van der Waals surface area (Å²) in [4.78, 5) is 15.6. The Kier molecular flexibility index (Phi) is 4.39. The molecule has 0 unspecified atom stereocenters. The number of amides is 1. The van der Waals surface area contributed by atoms with E-state index in [1.807, 2.05) is 41.1 Å². The summed E-state index contributed by atoms with van der Waals surface area (Å²) in [7, 11) is 0. The Labute approximate surface area is 163 Å². The number of benzene rings is 1. The van der Waals surface area contributed by atoms with Gasteiger partial charge in [-0.3, -0.25) is 14.5 Å². The highest BCUT2D eigenvalue weighted by molar-refractivity contribution is 5.88. The monoisotopic (exact) mass is 378 g/mol. The van der Waals surface area contributed by atoms with Gasteiger partial charge in [0.15, 0.2) is 0 Å². The highest BCUT2D eigenvalue weighted by atomic mass is 16.5. The molecule has 0 fully saturated rings. The van der Waals surface area contributed by atoms with Gasteiger partial charge < -0.3 is 15.2 Å². The van der Waals surface area contributed by atoms with Crippen molar-refractivity contribution in [3.05, 3.63) is 59.5 Å². The van der Waals surface area contributed by atoms with Crippen LogP contribution in [-0.4, -0.2) is 25.8 Å². The Balaban J connectivity index is 1.68. The van der Waals surface area contributed by atoms with Gasteiger partial charge in [-0.2, -0.15) is 5.10 Å². The quantitative estimate of drug-likeness (QED) is 0.731. The summed E-state index contributed by atoms with van der Waals surface area (Å²) in [5.74, 6) is 0.613. The zero-order valence-corrected chi connectivity index (χ0v) is 16.1. The van der Waals surface area contributed by atoms with Crippen molar-refractivity contribution in [2.24, 2.45) is 0 Å². The van der Waals surface area contributed by atoms with E-state index >= 15 is 0 Å². The first-order valence-electron chi connectivity index (χ1n) is 9.09. The van der Waals surface area contributed by atoms with Crippen LogP contribution in [0.2, 0.25) is 0 Å². The maximum Gasteiger partial charge on any atom is 0.221 e. The van der Waals surface area contributed by atoms with E-state index < -0.39 is 5.60 Å². The number of aromatic nitrogens is 3. The fourth-order valence-electron chi connectivity index (χ4n) is 3.35. The van der Waals surface area contributed by atoms with E-state index in [2.05, 4.69) is 10.3 Å². The van der Waals surface area contributed by atoms with E-state index in [-0.39, 0.29) is 5.91 Å². The second kappa shape index (κ2) is 6.76. The van der Waals surface area contributed by atoms with Gasteiger partial charge in [0.25, 0.3) is 0 Å². The van der Waals surface area contributed by atoms with E-state index in [1.165, 1.54) is 6.92 Å². The topological polar surface area (TPSA) is 89.3 Å². The zero-order valence-electron chi connectivity index (χ0n) is 16.1. The fourth-order valence-corrected chi connectivity index (χ4v) is 3.35. The number of hydrogen-bond acceptors (Lipinski definition) is 5. The molecule has 3 aromatic rings. The summed E-state index contributed by atoms with van der Waals surface area (Å²) < 4.78 is 7.87. The number of nitrogens with one attached hydrogen (secondary N) is 1. The van der Waals surface area contributed by atoms with E-state index in [0.29, 0.717) is 24.5 Å². The van der Waals surface area contributed by atoms with Crippen LogP contribution in [0.25, 0.3) is 11.3 Å². The van der Waals surface area contributed by atoms with Gasteiger partial charge in [-0.05, 0) is 38.1 Å². The van der Waals surface area contributed by atoms with Gasteiger partial charge in [-0.25, -0.2) is 0 Å². The molecule has 1 aliphatic heterocycles. The number of aliphatic hydroxyl groups is 1. The fraction of sp³-hybridized carbons (Fsp3) is 0.286. The SMILES string of the molecule is CC(=O)Nc1ccc2c(c1)OCc1cc(-c3cccnc3C(C)(C)O)nn1C2. The van der Waals surface area contributed by atoms with E-state index in [0.717, 1.165) is 28.3 Å². The lowest BCUT2D eigenvalue weighted by molar-refractivity contribution is -0.114. The van der Waals surface area contributed by atoms with Crippen molar-refractivity contribution >= 4 is 11.6 Å². The third-order valence-corrected chi connectivity index (χ3v) is 4.61. The Bertz CT molecular complexity index is 1050. The minimum atomic E-state index is -1.07. The van der Waals surface area contributed by atoms with Gasteiger partial charge in [-0.15, -0.1) is 0 Å². The first kappa shape index (κ1) is 18.2. The molecule has 0 saturated carbocycles. The zero-order chi connectivity index (χ0) is 19.9. The summed E-state index contributed by atoms with van der Waals surface area (Å²) in [5, 5.41) is 18.0. The van der Waals surface area contributed by atoms with Gasteiger partial charge in [0.2, 0.25) is 5.91 Å². The minimum absolute atomic E-state index is 0.120. The number of fused-ring (bicyclic) bond motifs is 2. The van der Waals surface area contributed by atoms with Gasteiger partial charge in [0, 0.05) is 36.0 Å². The molecule has 0 saturated heterocycles. The maximum atomic E-state index is 11.3. The Morgan fingerprint density at radius 2 is 2.11 bits per heavy atom. The van der Waals surface area contributed by atoms with Crippen molar-refractivity contribution in [2.75, 3.05) is 5.32 Å². The molecule has 0 spiro atoms. The van der Waals surface area contributed by atoms with Crippen LogP contribution in [0.3, 0.4) is 0 Å². The maximum absolute atomic E-state index is 11.3. The number of hydrogen-bond donors (Lipinski definition) is 2. The predicted molar refractivity (Wildman–Crippen MR) is 105 cm³/mol. The molecular weight excluding hydrogens is 356 g/mol. The summed E-state index contributed by atoms with van der Waals surface area (Å²) in [6, 6.07) is 11.3. The molecule has 2 aromatic heterocycles. The smallest absolute Gasteiger partial charge is 0.221 e. The minimum Gasteiger partial charge on any atom is -0.487 e. The molecule has 4 rings (SSSR count). The lowest BCUT2D eigenvalue weighted by Crippen LogP contribution is -2.18. The molecule has 7 nitrogen and oxygen atoms in total. The molecule has 0 atom stereocenters. The molecule has 1 amide bonds. The second-order valence-electron chi connectivity index (χ2n) is 7.43. The van der Waals surface area contributed by atoms with Crippen LogP contribution >= 0.6 is 0 Å². The van der Waals surface area contributed by atoms with Crippen LogP contribution in [0.4, 0.5) is 5.69 Å². The van der Waals surface area contributed by atoms with Crippen molar-refractivity contribution in [3.63, 3.8) is 0 Å². The van der Waals surface area contributed by atoms with E-state index in [9.17, 15) is 9.90 Å². The number of carbonyl (C=O) groups is 1. The number of carbonyl (C=O) groups excluding carboxylic acids is 1. The normalized spacial score (nSPS) is 13.1. The Morgan fingerprint density at radius 3 is 2.86 bits per heavy atom. The number of ether oxygens (including phenoxy) is 1. The summed E-state index contributed by atoms with van der Waals surface area (Å²) in [5.41, 5.74) is 3.69. The average molecular weight is 378 g/mol. The predicted octanol–water partition coefficient (Wildman–Crippen LogP) is 3.07. The average Bonchev–Trinajstić information content (AvgIpc) is 2.95. The molecule has 2 N–H and O–H groups in total. The van der Waals surface area contributed by atoms with Crippen LogP contribution in [0.5, 0.6) is 5.75 Å². The van der Waals surface area contributed by atoms with Crippen LogP contribution in [0.15, 0.2) is 42.6 Å². The van der Waals surface area contributed by atoms with E-state index in [4.69, 9.17) is 9.84 Å². The van der Waals surface area contributed by atoms with Crippen molar-refractivity contribution < 1.29 is 14.6 Å². The van der Waals surface area contributed by atoms with E-state index in [1.54, 1.807) is 20.0 Å². The number of pyridine rings is 1. The molecular formula is C21H22N4O3. The second-order valence-corrected chi connectivity index (χ2v) is 7.43. The van der Waals surface area contributed by atoms with Crippen molar-refractivity contribution in [3.8, 4) is 17.0 Å². The molecule has 1 aliphatic rings. The lowest BCUT2D eigenvalue weighted by Gasteiger charge is -2.19. The Morgan fingerprint density at radius 1 is 1.29 bits per heavy atom. The summed E-state index contributed by atoms with van der Waals surface area (Å²) in [6.45, 7) is 5.83. The van der Waals surface area contributed by atoms with Crippen molar-refractivity contribution in [1.29, 1.82) is 0 Å². The van der Waals surface area contributed by atoms with Gasteiger partial charge >= 0.3 is 0 Å². The van der Waals surface area contributed by atoms with Gasteiger partial charge in [0.05, 0.1) is 23.6 Å². The third-order valence-electron chi connectivity index (χ3n) is 4.61. The first-order chi connectivity index (χ1) is 13.3. The number of nitrogens with zero attached hydrogens (tertiary/aromatic N) is 3. The summed E-state index contributed by atoms with van der Waals surface area (Å²) in [6.07, 6.45) is 1.67. The van der Waals surface area contributed by atoms with Crippen LogP contribution < -0.4 is 10.1 Å². The van der Waals surface area contributed by atoms with Crippen molar-refractivity contribution in [2.45, 2.75) is 39.5 Å². The highest BCUT2D eigenvalue weighted by Gasteiger charge is 2.25. The first-order valence-corrected chi connectivity index (χ1v) is 9.09. The highest BCUT2D eigenvalue weighted by Crippen LogP contribution is 2.32. The van der Waals surface area contributed by atoms with Crippen molar-refractivity contribution in [1.82, 2.24) is 14.8 Å². The summed E-state index contributed by atoms with van der Waals surface area (Å²) >= 11 is 0. The van der Waals surface area contributed by atoms with Gasteiger partial charge in [-0.1, -0.05) is 6.07 Å². The number of anilines is 1. The molecule has 1 aromatic carbocycles. The lowest BCUT2D eigenvalue weighted by atomic mass is 9.97. The molecule has 0 aliphatic carbocycles. The largest absolute Gasteiger partial charge is 0.487 e.